The molecule has 3 aromatic rings. The first-order valence-electron chi connectivity index (χ1n) is 8.48. The van der Waals surface area contributed by atoms with Crippen LogP contribution in [0.1, 0.15) is 28.8 Å². The van der Waals surface area contributed by atoms with E-state index in [-0.39, 0.29) is 18.0 Å². The van der Waals surface area contributed by atoms with Gasteiger partial charge in [-0.1, -0.05) is 18.2 Å². The Hall–Kier alpha value is -2.47. The Bertz CT molecular complexity index is 1020. The zero-order valence-electron chi connectivity index (χ0n) is 14.0. The van der Waals surface area contributed by atoms with Gasteiger partial charge in [-0.2, -0.15) is 0 Å². The van der Waals surface area contributed by atoms with Gasteiger partial charge in [0.25, 0.3) is 5.56 Å². The predicted octanol–water partition coefficient (Wildman–Crippen LogP) is 3.28. The molecule has 0 spiro atoms. The number of hydrogen-bond donors (Lipinski definition) is 1. The van der Waals surface area contributed by atoms with E-state index in [4.69, 9.17) is 0 Å². The summed E-state index contributed by atoms with van der Waals surface area (Å²) in [6, 6.07) is 7.59. The van der Waals surface area contributed by atoms with Gasteiger partial charge in [-0.3, -0.25) is 14.2 Å². The third kappa shape index (κ3) is 2.98. The lowest BCUT2D eigenvalue weighted by Crippen LogP contribution is -2.28. The van der Waals surface area contributed by atoms with Gasteiger partial charge >= 0.3 is 0 Å². The van der Waals surface area contributed by atoms with Gasteiger partial charge in [-0.15, -0.1) is 11.3 Å². The van der Waals surface area contributed by atoms with Gasteiger partial charge in [-0.25, -0.2) is 4.98 Å². The zero-order valence-corrected chi connectivity index (χ0v) is 14.9. The van der Waals surface area contributed by atoms with Crippen LogP contribution < -0.4 is 10.9 Å². The molecule has 25 heavy (non-hydrogen) atoms. The summed E-state index contributed by atoms with van der Waals surface area (Å²) in [4.78, 5) is 31.7. The van der Waals surface area contributed by atoms with Crippen LogP contribution in [0.4, 0.5) is 5.69 Å². The molecule has 1 aliphatic carbocycles. The third-order valence-corrected chi connectivity index (χ3v) is 5.87. The van der Waals surface area contributed by atoms with Crippen molar-refractivity contribution in [2.24, 2.45) is 0 Å². The number of para-hydroxylation sites is 1. The minimum absolute atomic E-state index is 0.0271. The standard InChI is InChI=1S/C19H19N3O2S/c1-12-6-2-4-8-14(12)21-16(23)10-22-11-20-18-17(19(22)24)13-7-3-5-9-15(13)25-18/h2,4,6,8,11H,3,5,7,9-10H2,1H3,(H,21,23). The summed E-state index contributed by atoms with van der Waals surface area (Å²) >= 11 is 1.62. The highest BCUT2D eigenvalue weighted by Gasteiger charge is 2.20. The van der Waals surface area contributed by atoms with Crippen LogP contribution >= 0.6 is 11.3 Å². The Labute approximate surface area is 149 Å². The highest BCUT2D eigenvalue weighted by Crippen LogP contribution is 2.33. The van der Waals surface area contributed by atoms with Crippen molar-refractivity contribution >= 4 is 33.1 Å². The molecule has 1 aliphatic rings. The number of amides is 1. The molecule has 2 aromatic heterocycles. The van der Waals surface area contributed by atoms with Gasteiger partial charge < -0.3 is 5.32 Å². The highest BCUT2D eigenvalue weighted by molar-refractivity contribution is 7.18. The van der Waals surface area contributed by atoms with Crippen molar-refractivity contribution in [1.82, 2.24) is 9.55 Å². The van der Waals surface area contributed by atoms with Gasteiger partial charge in [0.1, 0.15) is 11.4 Å². The molecule has 1 aromatic carbocycles. The van der Waals surface area contributed by atoms with E-state index < -0.39 is 0 Å². The average Bonchev–Trinajstić information content (AvgIpc) is 2.99. The lowest BCUT2D eigenvalue weighted by Gasteiger charge is -2.11. The van der Waals surface area contributed by atoms with Crippen molar-refractivity contribution in [3.8, 4) is 0 Å². The van der Waals surface area contributed by atoms with Gasteiger partial charge in [0.15, 0.2) is 0 Å². The minimum atomic E-state index is -0.221. The number of carbonyl (C=O) groups is 1. The smallest absolute Gasteiger partial charge is 0.262 e. The highest BCUT2D eigenvalue weighted by atomic mass is 32.1. The summed E-state index contributed by atoms with van der Waals surface area (Å²) < 4.78 is 1.41. The number of fused-ring (bicyclic) bond motifs is 3. The quantitative estimate of drug-likeness (QED) is 0.786. The maximum absolute atomic E-state index is 12.9. The summed E-state index contributed by atoms with van der Waals surface area (Å²) in [5.74, 6) is -0.221. The molecular weight excluding hydrogens is 334 g/mol. The first-order valence-corrected chi connectivity index (χ1v) is 9.30. The second kappa shape index (κ2) is 6.44. The lowest BCUT2D eigenvalue weighted by molar-refractivity contribution is -0.116. The molecule has 1 N–H and O–H groups in total. The number of benzene rings is 1. The van der Waals surface area contributed by atoms with Crippen LogP contribution in [0.3, 0.4) is 0 Å². The Morgan fingerprint density at radius 3 is 2.92 bits per heavy atom. The second-order valence-electron chi connectivity index (χ2n) is 6.43. The van der Waals surface area contributed by atoms with Crippen molar-refractivity contribution in [2.75, 3.05) is 5.32 Å². The van der Waals surface area contributed by atoms with Crippen LogP contribution in [-0.4, -0.2) is 15.5 Å². The number of rotatable bonds is 3. The Morgan fingerprint density at radius 1 is 1.28 bits per heavy atom. The number of nitrogens with one attached hydrogen (secondary N) is 1. The maximum Gasteiger partial charge on any atom is 0.262 e. The predicted molar refractivity (Wildman–Crippen MR) is 100 cm³/mol. The molecular formula is C19H19N3O2S. The summed E-state index contributed by atoms with van der Waals surface area (Å²) in [6.07, 6.45) is 5.74. The molecule has 0 fully saturated rings. The van der Waals surface area contributed by atoms with E-state index in [1.165, 1.54) is 22.2 Å². The summed E-state index contributed by atoms with van der Waals surface area (Å²) in [5, 5.41) is 3.58. The average molecular weight is 353 g/mol. The van der Waals surface area contributed by atoms with E-state index in [9.17, 15) is 9.59 Å². The molecule has 128 valence electrons. The van der Waals surface area contributed by atoms with Gasteiger partial charge in [-0.05, 0) is 49.8 Å². The van der Waals surface area contributed by atoms with Gasteiger partial charge in [0.2, 0.25) is 5.91 Å². The van der Waals surface area contributed by atoms with E-state index >= 15 is 0 Å². The molecule has 1 amide bonds. The molecule has 0 aliphatic heterocycles. The molecule has 2 heterocycles. The van der Waals surface area contributed by atoms with Crippen LogP contribution in [-0.2, 0) is 24.2 Å². The third-order valence-electron chi connectivity index (χ3n) is 4.67. The van der Waals surface area contributed by atoms with E-state index in [1.807, 2.05) is 31.2 Å². The molecule has 6 heteroatoms. The van der Waals surface area contributed by atoms with Gasteiger partial charge in [0.05, 0.1) is 11.7 Å². The van der Waals surface area contributed by atoms with Crippen LogP contribution in [0.5, 0.6) is 0 Å². The number of thiophene rings is 1. The number of aromatic nitrogens is 2. The van der Waals surface area contributed by atoms with E-state index in [2.05, 4.69) is 10.3 Å². The summed E-state index contributed by atoms with van der Waals surface area (Å²) in [7, 11) is 0. The minimum Gasteiger partial charge on any atom is -0.324 e. The van der Waals surface area contributed by atoms with E-state index in [0.29, 0.717) is 5.39 Å². The number of aryl methyl sites for hydroxylation is 3. The summed E-state index contributed by atoms with van der Waals surface area (Å²) in [6.45, 7) is 1.91. The molecule has 0 saturated carbocycles. The number of nitrogens with zero attached hydrogens (tertiary/aromatic N) is 2. The monoisotopic (exact) mass is 353 g/mol. The molecule has 0 unspecified atom stereocenters. The van der Waals surface area contributed by atoms with Crippen LogP contribution in [0.25, 0.3) is 10.2 Å². The normalized spacial score (nSPS) is 13.6. The van der Waals surface area contributed by atoms with Crippen molar-refractivity contribution in [3.63, 3.8) is 0 Å². The first-order chi connectivity index (χ1) is 12.1. The number of carbonyl (C=O) groups excluding carboxylic acids is 1. The number of anilines is 1. The van der Waals surface area contributed by atoms with E-state index in [1.54, 1.807) is 11.3 Å². The molecule has 0 atom stereocenters. The number of hydrogen-bond acceptors (Lipinski definition) is 4. The molecule has 0 saturated heterocycles. The van der Waals surface area contributed by atoms with Crippen molar-refractivity contribution < 1.29 is 4.79 Å². The second-order valence-corrected chi connectivity index (χ2v) is 7.52. The topological polar surface area (TPSA) is 64.0 Å². The fourth-order valence-corrected chi connectivity index (χ4v) is 4.57. The molecule has 5 nitrogen and oxygen atoms in total. The fraction of sp³-hybridized carbons (Fsp3) is 0.316. The van der Waals surface area contributed by atoms with Crippen molar-refractivity contribution in [3.05, 3.63) is 57.0 Å². The van der Waals surface area contributed by atoms with Crippen LogP contribution in [0.15, 0.2) is 35.4 Å². The maximum atomic E-state index is 12.9. The molecule has 0 radical (unpaired) electrons. The lowest BCUT2D eigenvalue weighted by atomic mass is 9.97. The summed E-state index contributed by atoms with van der Waals surface area (Å²) in [5.41, 5.74) is 2.80. The Kier molecular flexibility index (Phi) is 4.13. The van der Waals surface area contributed by atoms with Crippen LogP contribution in [0.2, 0.25) is 0 Å². The first kappa shape index (κ1) is 16.0. The SMILES string of the molecule is Cc1ccccc1NC(=O)Cn1cnc2sc3c(c2c1=O)CCCC3. The zero-order chi connectivity index (χ0) is 17.4. The molecule has 4 rings (SSSR count). The Morgan fingerprint density at radius 2 is 2.08 bits per heavy atom. The Balaban J connectivity index is 1.63. The van der Waals surface area contributed by atoms with E-state index in [0.717, 1.165) is 40.9 Å². The molecule has 0 bridgehead atoms. The largest absolute Gasteiger partial charge is 0.324 e. The van der Waals surface area contributed by atoms with Crippen molar-refractivity contribution in [2.45, 2.75) is 39.2 Å². The van der Waals surface area contributed by atoms with Gasteiger partial charge in [0, 0.05) is 10.6 Å². The van der Waals surface area contributed by atoms with Crippen LogP contribution in [0, 0.1) is 6.92 Å². The fourth-order valence-electron chi connectivity index (χ4n) is 3.35. The van der Waals surface area contributed by atoms with Crippen molar-refractivity contribution in [1.29, 1.82) is 0 Å².